The Morgan fingerprint density at radius 1 is 0.388 bits per heavy atom. The van der Waals surface area contributed by atoms with E-state index in [0.717, 1.165) is 116 Å². The summed E-state index contributed by atoms with van der Waals surface area (Å²) in [5.74, 6) is -0.843. The lowest BCUT2D eigenvalue weighted by atomic mass is 10.0. The molecule has 0 radical (unpaired) electrons. The van der Waals surface area contributed by atoms with Gasteiger partial charge < -0.3 is 27.9 Å². The van der Waals surface area contributed by atoms with Crippen molar-refractivity contribution >= 4 is 19.8 Å². The molecule has 0 amide bonds. The van der Waals surface area contributed by atoms with Gasteiger partial charge in [0.2, 0.25) is 0 Å². The highest BCUT2D eigenvalue weighted by molar-refractivity contribution is 7.45. The van der Waals surface area contributed by atoms with Crippen molar-refractivity contribution in [1.82, 2.24) is 0 Å². The minimum atomic E-state index is -4.65. The second-order valence-corrected chi connectivity index (χ2v) is 23.8. The molecule has 0 N–H and O–H groups in total. The van der Waals surface area contributed by atoms with Crippen LogP contribution in [0.2, 0.25) is 0 Å². The van der Waals surface area contributed by atoms with Gasteiger partial charge in [0.05, 0.1) is 27.7 Å². The van der Waals surface area contributed by atoms with E-state index in [9.17, 15) is 19.0 Å². The van der Waals surface area contributed by atoms with Gasteiger partial charge in [-0.1, -0.05) is 264 Å². The lowest BCUT2D eigenvalue weighted by Gasteiger charge is -2.28. The summed E-state index contributed by atoms with van der Waals surface area (Å²) >= 11 is 0. The van der Waals surface area contributed by atoms with Crippen molar-refractivity contribution in [3.63, 3.8) is 0 Å². The number of hydrogen-bond donors (Lipinski definition) is 0. The molecule has 0 rings (SSSR count). The molecule has 458 valence electrons. The molecule has 0 fully saturated rings. The number of allylic oxidation sites excluding steroid dienone is 20. The van der Waals surface area contributed by atoms with Crippen molar-refractivity contribution in [1.29, 1.82) is 0 Å². The molecule has 2 atom stereocenters. The van der Waals surface area contributed by atoms with E-state index < -0.39 is 32.5 Å². The molecule has 0 saturated heterocycles. The third-order valence-electron chi connectivity index (χ3n) is 13.5. The third-order valence-corrected chi connectivity index (χ3v) is 14.4. The van der Waals surface area contributed by atoms with Crippen LogP contribution in [-0.2, 0) is 32.7 Å². The van der Waals surface area contributed by atoms with Crippen LogP contribution in [0.5, 0.6) is 0 Å². The highest BCUT2D eigenvalue weighted by Crippen LogP contribution is 2.38. The molecule has 80 heavy (non-hydrogen) atoms. The van der Waals surface area contributed by atoms with Crippen LogP contribution in [-0.4, -0.2) is 70.0 Å². The van der Waals surface area contributed by atoms with Crippen LogP contribution in [0.1, 0.15) is 258 Å². The van der Waals surface area contributed by atoms with Gasteiger partial charge in [0.1, 0.15) is 19.8 Å². The molecule has 0 aliphatic heterocycles. The fourth-order valence-electron chi connectivity index (χ4n) is 8.59. The number of rotatable bonds is 58. The molecule has 10 heteroatoms. The first kappa shape index (κ1) is 76.4. The number of unbranched alkanes of at least 4 members (excludes halogenated alkanes) is 24. The molecule has 0 aliphatic rings. The average Bonchev–Trinajstić information content (AvgIpc) is 3.42. The lowest BCUT2D eigenvalue weighted by molar-refractivity contribution is -0.870. The highest BCUT2D eigenvalue weighted by Gasteiger charge is 2.22. The number of esters is 2. The van der Waals surface area contributed by atoms with Gasteiger partial charge in [-0.15, -0.1) is 0 Å². The summed E-state index contributed by atoms with van der Waals surface area (Å²) in [6, 6.07) is 0. The largest absolute Gasteiger partial charge is 0.756 e. The third kappa shape index (κ3) is 63.6. The molecule has 0 bridgehead atoms. The van der Waals surface area contributed by atoms with Crippen molar-refractivity contribution in [3.05, 3.63) is 122 Å². The SMILES string of the molecule is CC/C=C\C/C=C\C/C=C\C/C=C\C/C=C\C/C=C\CCCCCCCCCCCCCCCCCCC(=O)OC(COC(=O)CCCCCCCCCC/C=C\C/C=C\C/C=C\C/C=C\CC)COP(=O)([O-])OCC[N+](C)(C)C. The molecular weight excluding hydrogens is 1010 g/mol. The molecule has 0 aromatic carbocycles. The van der Waals surface area contributed by atoms with Gasteiger partial charge in [0.25, 0.3) is 7.82 Å². The molecule has 9 nitrogen and oxygen atoms in total. The maximum Gasteiger partial charge on any atom is 0.306 e. The Kier molecular flexibility index (Phi) is 57.3. The van der Waals surface area contributed by atoms with Crippen molar-refractivity contribution in [2.75, 3.05) is 47.5 Å². The maximum absolute atomic E-state index is 12.8. The maximum atomic E-state index is 12.8. The summed E-state index contributed by atoms with van der Waals surface area (Å²) in [6.45, 7) is 4.01. The Morgan fingerprint density at radius 3 is 1.00 bits per heavy atom. The van der Waals surface area contributed by atoms with E-state index in [4.69, 9.17) is 18.5 Å². The lowest BCUT2D eigenvalue weighted by Crippen LogP contribution is -2.37. The van der Waals surface area contributed by atoms with Crippen molar-refractivity contribution in [2.45, 2.75) is 264 Å². The summed E-state index contributed by atoms with van der Waals surface area (Å²) < 4.78 is 34.2. The smallest absolute Gasteiger partial charge is 0.306 e. The van der Waals surface area contributed by atoms with Crippen LogP contribution in [0.4, 0.5) is 0 Å². The molecule has 2 unspecified atom stereocenters. The Labute approximate surface area is 492 Å². The van der Waals surface area contributed by atoms with E-state index in [0.29, 0.717) is 17.4 Å². The summed E-state index contributed by atoms with van der Waals surface area (Å²) in [5, 5.41) is 0. The second-order valence-electron chi connectivity index (χ2n) is 22.4. The minimum Gasteiger partial charge on any atom is -0.756 e. The van der Waals surface area contributed by atoms with Gasteiger partial charge in [-0.25, -0.2) is 0 Å². The molecule has 0 aromatic heterocycles. The summed E-state index contributed by atoms with van der Waals surface area (Å²) in [5.41, 5.74) is 0. The Morgan fingerprint density at radius 2 is 0.675 bits per heavy atom. The fraction of sp³-hybridized carbons (Fsp3) is 0.686. The second kappa shape index (κ2) is 60.0. The van der Waals surface area contributed by atoms with Crippen molar-refractivity contribution in [3.8, 4) is 0 Å². The highest BCUT2D eigenvalue weighted by atomic mass is 31.2. The Bertz CT molecular complexity index is 1760. The first-order valence-corrected chi connectivity index (χ1v) is 33.7. The van der Waals surface area contributed by atoms with Gasteiger partial charge >= 0.3 is 11.9 Å². The van der Waals surface area contributed by atoms with Crippen LogP contribution >= 0.6 is 7.82 Å². The van der Waals surface area contributed by atoms with E-state index >= 15 is 0 Å². The van der Waals surface area contributed by atoms with Gasteiger partial charge in [0, 0.05) is 12.8 Å². The standard InChI is InChI=1S/C70H120NO8P/c1-6-8-10-12-14-16-18-20-22-24-26-28-29-30-31-32-33-34-35-36-37-38-39-40-41-43-45-47-49-51-53-55-57-59-61-63-70(73)79-68(67-78-80(74,75)77-65-64-71(3,4)5)66-76-69(72)62-60-58-56-54-52-50-48-46-44-42-27-25-23-21-19-17-15-13-11-9-7-2/h8-11,14-17,20-23,26-28,30-31,33-34,42,68H,6-7,12-13,18-19,24-25,29,32,35-41,43-67H2,1-5H3/b10-8-,11-9-,16-14-,17-15-,22-20-,23-21-,28-26-,31-30-,34-33-,42-27-. The number of nitrogens with zero attached hydrogens (tertiary/aromatic N) is 1. The molecular formula is C70H120NO8P. The number of hydrogen-bond acceptors (Lipinski definition) is 8. The normalized spacial score (nSPS) is 14.0. The topological polar surface area (TPSA) is 111 Å². The zero-order valence-corrected chi connectivity index (χ0v) is 52.9. The average molecular weight is 1130 g/mol. The predicted molar refractivity (Wildman–Crippen MR) is 341 cm³/mol. The fourth-order valence-corrected chi connectivity index (χ4v) is 9.32. The van der Waals surface area contributed by atoms with Crippen LogP contribution in [0, 0.1) is 0 Å². The quantitative estimate of drug-likeness (QED) is 0.0195. The number of likely N-dealkylation sites (N-methyl/N-ethyl adjacent to an activating group) is 1. The molecule has 0 aliphatic carbocycles. The Hall–Kier alpha value is -3.59. The minimum absolute atomic E-state index is 0.0368. The molecule has 0 spiro atoms. The van der Waals surface area contributed by atoms with Gasteiger partial charge in [-0.3, -0.25) is 14.2 Å². The van der Waals surface area contributed by atoms with E-state index in [1.165, 1.54) is 109 Å². The van der Waals surface area contributed by atoms with E-state index in [1.807, 2.05) is 21.1 Å². The predicted octanol–water partition coefficient (Wildman–Crippen LogP) is 20.1. The summed E-state index contributed by atoms with van der Waals surface area (Å²) in [4.78, 5) is 38.0. The molecule has 0 heterocycles. The number of ether oxygens (including phenoxy) is 2. The van der Waals surface area contributed by atoms with Crippen LogP contribution in [0.15, 0.2) is 122 Å². The number of carbonyl (C=O) groups excluding carboxylic acids is 2. The van der Waals surface area contributed by atoms with Gasteiger partial charge in [-0.2, -0.15) is 0 Å². The zero-order chi connectivity index (χ0) is 58.4. The van der Waals surface area contributed by atoms with E-state index in [-0.39, 0.29) is 26.1 Å². The number of quaternary nitrogens is 1. The Balaban J connectivity index is 4.08. The summed E-state index contributed by atoms with van der Waals surface area (Å²) in [6.07, 6.45) is 85.4. The molecule has 0 aromatic rings. The number of carbonyl (C=O) groups is 2. The summed E-state index contributed by atoms with van der Waals surface area (Å²) in [7, 11) is 1.15. The monoisotopic (exact) mass is 1130 g/mol. The van der Waals surface area contributed by atoms with Crippen LogP contribution in [0.3, 0.4) is 0 Å². The van der Waals surface area contributed by atoms with Gasteiger partial charge in [-0.05, 0) is 103 Å². The van der Waals surface area contributed by atoms with Crippen molar-refractivity contribution in [2.24, 2.45) is 0 Å². The first-order chi connectivity index (χ1) is 39.0. The van der Waals surface area contributed by atoms with Crippen LogP contribution in [0.25, 0.3) is 0 Å². The number of phosphoric acid groups is 1. The van der Waals surface area contributed by atoms with Crippen molar-refractivity contribution < 1.29 is 42.1 Å². The van der Waals surface area contributed by atoms with Crippen LogP contribution < -0.4 is 4.89 Å². The van der Waals surface area contributed by atoms with E-state index in [1.54, 1.807) is 0 Å². The number of phosphoric ester groups is 1. The zero-order valence-electron chi connectivity index (χ0n) is 52.0. The van der Waals surface area contributed by atoms with Gasteiger partial charge in [0.15, 0.2) is 6.10 Å². The molecule has 0 saturated carbocycles. The first-order valence-electron chi connectivity index (χ1n) is 32.2. The van der Waals surface area contributed by atoms with E-state index in [2.05, 4.69) is 135 Å².